The Labute approximate surface area is 162 Å². The second kappa shape index (κ2) is 7.67. The minimum atomic E-state index is -0.179. The van der Waals surface area contributed by atoms with Crippen molar-refractivity contribution in [3.8, 4) is 5.69 Å². The second-order valence-electron chi connectivity index (χ2n) is 6.63. The Bertz CT molecular complexity index is 954. The fourth-order valence-electron chi connectivity index (χ4n) is 3.20. The fourth-order valence-corrected chi connectivity index (χ4v) is 3.20. The summed E-state index contributed by atoms with van der Waals surface area (Å²) in [5, 5.41) is 8.11. The topological polar surface area (TPSA) is 84.5 Å². The van der Waals surface area contributed by atoms with Crippen LogP contribution in [0.3, 0.4) is 0 Å². The van der Waals surface area contributed by atoms with Gasteiger partial charge in [-0.15, -0.1) is 5.10 Å². The molecule has 1 aliphatic heterocycles. The summed E-state index contributed by atoms with van der Waals surface area (Å²) >= 11 is 0. The van der Waals surface area contributed by atoms with Gasteiger partial charge in [0.25, 0.3) is 11.8 Å². The second-order valence-corrected chi connectivity index (χ2v) is 6.63. The first-order valence-electron chi connectivity index (χ1n) is 9.29. The van der Waals surface area contributed by atoms with Crippen molar-refractivity contribution in [1.82, 2.24) is 24.8 Å². The van der Waals surface area contributed by atoms with Gasteiger partial charge >= 0.3 is 0 Å². The van der Waals surface area contributed by atoms with E-state index in [0.29, 0.717) is 37.6 Å². The highest BCUT2D eigenvalue weighted by Gasteiger charge is 2.27. The van der Waals surface area contributed by atoms with Crippen molar-refractivity contribution < 1.29 is 14.0 Å². The van der Waals surface area contributed by atoms with E-state index in [0.717, 1.165) is 12.1 Å². The molecule has 0 aliphatic carbocycles. The predicted molar refractivity (Wildman–Crippen MR) is 101 cm³/mol. The number of nitrogens with zero attached hydrogens (tertiary/aromatic N) is 5. The molecule has 1 aromatic carbocycles. The molecular weight excluding hydrogens is 358 g/mol. The van der Waals surface area contributed by atoms with E-state index in [4.69, 9.17) is 4.42 Å². The molecule has 0 atom stereocenters. The molecule has 4 rings (SSSR count). The molecule has 0 N–H and O–H groups in total. The van der Waals surface area contributed by atoms with Crippen LogP contribution in [0.4, 0.5) is 0 Å². The molecule has 3 heterocycles. The van der Waals surface area contributed by atoms with Crippen LogP contribution in [0.5, 0.6) is 0 Å². The summed E-state index contributed by atoms with van der Waals surface area (Å²) in [5.74, 6) is -0.0168. The quantitative estimate of drug-likeness (QED) is 0.692. The zero-order valence-corrected chi connectivity index (χ0v) is 15.6. The van der Waals surface area contributed by atoms with Gasteiger partial charge in [-0.05, 0) is 36.2 Å². The number of aromatic nitrogens is 3. The minimum absolute atomic E-state index is 0.154. The number of hydrogen-bond donors (Lipinski definition) is 0. The number of furan rings is 1. The van der Waals surface area contributed by atoms with Crippen LogP contribution in [0.2, 0.25) is 0 Å². The fraction of sp³-hybridized carbons (Fsp3) is 0.300. The highest BCUT2D eigenvalue weighted by molar-refractivity contribution is 5.93. The number of rotatable bonds is 4. The Hall–Kier alpha value is -3.42. The van der Waals surface area contributed by atoms with E-state index in [1.807, 2.05) is 24.3 Å². The maximum atomic E-state index is 12.7. The molecule has 28 heavy (non-hydrogen) atoms. The van der Waals surface area contributed by atoms with Crippen LogP contribution in [0.1, 0.15) is 33.5 Å². The molecule has 1 fully saturated rings. The summed E-state index contributed by atoms with van der Waals surface area (Å²) in [6.07, 6.45) is 4.09. The zero-order chi connectivity index (χ0) is 19.5. The molecule has 144 valence electrons. The molecule has 8 nitrogen and oxygen atoms in total. The van der Waals surface area contributed by atoms with Crippen LogP contribution < -0.4 is 0 Å². The van der Waals surface area contributed by atoms with Gasteiger partial charge in [-0.1, -0.05) is 24.3 Å². The number of piperazine rings is 1. The highest BCUT2D eigenvalue weighted by atomic mass is 16.3. The van der Waals surface area contributed by atoms with Crippen molar-refractivity contribution >= 4 is 11.8 Å². The molecule has 2 aromatic heterocycles. The smallest absolute Gasteiger partial charge is 0.289 e. The number of aryl methyl sites for hydroxylation is 1. The van der Waals surface area contributed by atoms with Gasteiger partial charge in [0.1, 0.15) is 0 Å². The SMILES string of the molecule is CCc1ccc(-n2cc(C(=O)N3CCN(C(=O)c4ccco4)CC3)nn2)cc1. The zero-order valence-electron chi connectivity index (χ0n) is 15.6. The monoisotopic (exact) mass is 379 g/mol. The maximum Gasteiger partial charge on any atom is 0.289 e. The van der Waals surface area contributed by atoms with Crippen molar-refractivity contribution in [1.29, 1.82) is 0 Å². The van der Waals surface area contributed by atoms with E-state index in [2.05, 4.69) is 17.2 Å². The molecule has 3 aromatic rings. The molecule has 1 aliphatic rings. The van der Waals surface area contributed by atoms with E-state index < -0.39 is 0 Å². The molecular formula is C20H21N5O3. The lowest BCUT2D eigenvalue weighted by Crippen LogP contribution is -2.50. The number of carbonyl (C=O) groups excluding carboxylic acids is 2. The van der Waals surface area contributed by atoms with E-state index in [9.17, 15) is 9.59 Å². The van der Waals surface area contributed by atoms with Crippen molar-refractivity contribution in [3.63, 3.8) is 0 Å². The Morgan fingerprint density at radius 1 is 1.00 bits per heavy atom. The molecule has 0 saturated carbocycles. The Balaban J connectivity index is 1.39. The van der Waals surface area contributed by atoms with Crippen LogP contribution in [0, 0.1) is 0 Å². The molecule has 0 radical (unpaired) electrons. The molecule has 2 amide bonds. The van der Waals surface area contributed by atoms with Crippen LogP contribution in [-0.4, -0.2) is 62.8 Å². The van der Waals surface area contributed by atoms with Gasteiger partial charge in [-0.25, -0.2) is 4.68 Å². The Kier molecular flexibility index (Phi) is 4.92. The van der Waals surface area contributed by atoms with Crippen LogP contribution in [0.25, 0.3) is 5.69 Å². The summed E-state index contributed by atoms with van der Waals surface area (Å²) in [6.45, 7) is 3.91. The van der Waals surface area contributed by atoms with Gasteiger partial charge in [-0.3, -0.25) is 9.59 Å². The number of hydrogen-bond acceptors (Lipinski definition) is 5. The standard InChI is InChI=1S/C20H21N5O3/c1-2-15-5-7-16(8-6-15)25-14-17(21-22-25)19(26)23-9-11-24(12-10-23)20(27)18-4-3-13-28-18/h3-8,13-14H,2,9-12H2,1H3. The van der Waals surface area contributed by atoms with Gasteiger partial charge < -0.3 is 14.2 Å². The van der Waals surface area contributed by atoms with Crippen LogP contribution >= 0.6 is 0 Å². The first-order valence-corrected chi connectivity index (χ1v) is 9.29. The van der Waals surface area contributed by atoms with E-state index in [-0.39, 0.29) is 11.8 Å². The number of amides is 2. The minimum Gasteiger partial charge on any atom is -0.459 e. The van der Waals surface area contributed by atoms with Crippen molar-refractivity contribution in [2.45, 2.75) is 13.3 Å². The predicted octanol–water partition coefficient (Wildman–Crippen LogP) is 2.02. The van der Waals surface area contributed by atoms with Crippen LogP contribution in [-0.2, 0) is 6.42 Å². The first kappa shape index (κ1) is 18.0. The number of carbonyl (C=O) groups is 2. The summed E-state index contributed by atoms with van der Waals surface area (Å²) in [7, 11) is 0. The van der Waals surface area contributed by atoms with Gasteiger partial charge in [0.05, 0.1) is 18.1 Å². The summed E-state index contributed by atoms with van der Waals surface area (Å²) in [4.78, 5) is 28.4. The summed E-state index contributed by atoms with van der Waals surface area (Å²) in [5.41, 5.74) is 2.39. The van der Waals surface area contributed by atoms with Gasteiger partial charge in [0, 0.05) is 26.2 Å². The third-order valence-electron chi connectivity index (χ3n) is 4.91. The van der Waals surface area contributed by atoms with E-state index in [1.165, 1.54) is 11.8 Å². The maximum absolute atomic E-state index is 12.7. The van der Waals surface area contributed by atoms with Gasteiger partial charge in [0.2, 0.25) is 0 Å². The highest BCUT2D eigenvalue weighted by Crippen LogP contribution is 2.13. The number of benzene rings is 1. The first-order chi connectivity index (χ1) is 13.7. The van der Waals surface area contributed by atoms with Gasteiger partial charge in [0.15, 0.2) is 11.5 Å². The van der Waals surface area contributed by atoms with Crippen molar-refractivity contribution in [2.75, 3.05) is 26.2 Å². The third kappa shape index (κ3) is 3.53. The average Bonchev–Trinajstić information content (AvgIpc) is 3.45. The van der Waals surface area contributed by atoms with Crippen molar-refractivity contribution in [2.24, 2.45) is 0 Å². The summed E-state index contributed by atoms with van der Waals surface area (Å²) < 4.78 is 6.76. The normalized spacial score (nSPS) is 14.3. The van der Waals surface area contributed by atoms with Crippen molar-refractivity contribution in [3.05, 3.63) is 65.9 Å². The molecule has 0 bridgehead atoms. The largest absolute Gasteiger partial charge is 0.459 e. The lowest BCUT2D eigenvalue weighted by Gasteiger charge is -2.33. The molecule has 0 unspecified atom stereocenters. The molecule has 1 saturated heterocycles. The molecule has 0 spiro atoms. The van der Waals surface area contributed by atoms with Crippen LogP contribution in [0.15, 0.2) is 53.3 Å². The van der Waals surface area contributed by atoms with Gasteiger partial charge in [-0.2, -0.15) is 0 Å². The molecule has 8 heteroatoms. The summed E-state index contributed by atoms with van der Waals surface area (Å²) in [6, 6.07) is 11.3. The lowest BCUT2D eigenvalue weighted by molar-refractivity contribution is 0.0515. The lowest BCUT2D eigenvalue weighted by atomic mass is 10.1. The Morgan fingerprint density at radius 3 is 2.29 bits per heavy atom. The third-order valence-corrected chi connectivity index (χ3v) is 4.91. The van der Waals surface area contributed by atoms with E-state index >= 15 is 0 Å². The Morgan fingerprint density at radius 2 is 1.68 bits per heavy atom. The average molecular weight is 379 g/mol. The van der Waals surface area contributed by atoms with E-state index in [1.54, 1.807) is 32.8 Å².